The van der Waals surface area contributed by atoms with Crippen molar-refractivity contribution < 1.29 is 9.18 Å². The monoisotopic (exact) mass is 253 g/mol. The number of nitrogens with zero attached hydrogens (tertiary/aromatic N) is 1. The van der Waals surface area contributed by atoms with Crippen molar-refractivity contribution in [2.75, 3.05) is 0 Å². The summed E-state index contributed by atoms with van der Waals surface area (Å²) in [6.45, 7) is 2.01. The number of hydrogen-bond acceptors (Lipinski definition) is 1. The van der Waals surface area contributed by atoms with Gasteiger partial charge in [0.2, 0.25) is 0 Å². The van der Waals surface area contributed by atoms with Gasteiger partial charge in [0.05, 0.1) is 5.69 Å². The molecule has 0 amide bonds. The largest absolute Gasteiger partial charge is 0.314 e. The van der Waals surface area contributed by atoms with Gasteiger partial charge in [-0.1, -0.05) is 12.1 Å². The van der Waals surface area contributed by atoms with Crippen LogP contribution < -0.4 is 0 Å². The third kappa shape index (κ3) is 1.93. The number of hydrogen-bond donors (Lipinski definition) is 0. The lowest BCUT2D eigenvalue weighted by Gasteiger charge is -2.01. The van der Waals surface area contributed by atoms with Crippen molar-refractivity contribution in [2.24, 2.45) is 0 Å². The third-order valence-electron chi connectivity index (χ3n) is 3.23. The highest BCUT2D eigenvalue weighted by Crippen LogP contribution is 2.27. The normalized spacial score (nSPS) is 10.8. The van der Waals surface area contributed by atoms with Gasteiger partial charge in [-0.2, -0.15) is 0 Å². The fourth-order valence-corrected chi connectivity index (χ4v) is 2.29. The van der Waals surface area contributed by atoms with E-state index in [9.17, 15) is 9.18 Å². The second-order valence-electron chi connectivity index (χ2n) is 4.57. The average molecular weight is 253 g/mol. The molecule has 0 N–H and O–H groups in total. The highest BCUT2D eigenvalue weighted by Gasteiger charge is 2.11. The van der Waals surface area contributed by atoms with Gasteiger partial charge in [-0.15, -0.1) is 0 Å². The van der Waals surface area contributed by atoms with Gasteiger partial charge >= 0.3 is 0 Å². The lowest BCUT2D eigenvalue weighted by atomic mass is 10.1. The van der Waals surface area contributed by atoms with Gasteiger partial charge in [-0.05, 0) is 48.4 Å². The summed E-state index contributed by atoms with van der Waals surface area (Å²) < 4.78 is 14.8. The topological polar surface area (TPSA) is 21.5 Å². The van der Waals surface area contributed by atoms with Crippen molar-refractivity contribution in [3.05, 3.63) is 65.7 Å². The molecular weight excluding hydrogens is 241 g/mol. The van der Waals surface area contributed by atoms with Crippen LogP contribution in [0.4, 0.5) is 4.39 Å². The van der Waals surface area contributed by atoms with Crippen LogP contribution in [0.25, 0.3) is 16.6 Å². The van der Waals surface area contributed by atoms with Crippen molar-refractivity contribution in [3.63, 3.8) is 0 Å². The Hall–Kier alpha value is -2.42. The fourth-order valence-electron chi connectivity index (χ4n) is 2.29. The Morgan fingerprint density at radius 1 is 1.11 bits per heavy atom. The van der Waals surface area contributed by atoms with E-state index in [4.69, 9.17) is 0 Å². The summed E-state index contributed by atoms with van der Waals surface area (Å²) in [6, 6.07) is 12.1. The Bertz CT molecular complexity index is 756. The maximum absolute atomic E-state index is 13.0. The molecule has 0 aliphatic heterocycles. The number of rotatable bonds is 2. The first kappa shape index (κ1) is 11.7. The number of benzene rings is 1. The molecule has 3 aromatic rings. The number of carbonyl (C=O) groups excluding carboxylic acids is 1. The molecule has 0 atom stereocenters. The Balaban J connectivity index is 2.28. The van der Waals surface area contributed by atoms with Crippen molar-refractivity contribution in [1.29, 1.82) is 0 Å². The third-order valence-corrected chi connectivity index (χ3v) is 3.23. The van der Waals surface area contributed by atoms with E-state index in [1.54, 1.807) is 12.1 Å². The van der Waals surface area contributed by atoms with E-state index in [-0.39, 0.29) is 5.82 Å². The maximum Gasteiger partial charge on any atom is 0.167 e. The van der Waals surface area contributed by atoms with E-state index in [0.29, 0.717) is 5.69 Å². The van der Waals surface area contributed by atoms with Crippen LogP contribution in [0.15, 0.2) is 48.7 Å². The predicted octanol–water partition coefficient (Wildman–Crippen LogP) is 3.87. The average Bonchev–Trinajstić information content (AvgIpc) is 2.77. The molecule has 0 saturated carbocycles. The lowest BCUT2D eigenvalue weighted by Crippen LogP contribution is -1.92. The van der Waals surface area contributed by atoms with E-state index in [1.165, 1.54) is 12.1 Å². The van der Waals surface area contributed by atoms with Crippen LogP contribution in [-0.4, -0.2) is 10.7 Å². The molecule has 0 radical (unpaired) electrons. The standard InChI is InChI=1S/C16H12FNO/c1-11-6-7-18-14(8-11)9-15(16(18)10-19)12-2-4-13(17)5-3-12/h2-10H,1H3. The van der Waals surface area contributed by atoms with Gasteiger partial charge in [0, 0.05) is 17.3 Å². The van der Waals surface area contributed by atoms with Gasteiger partial charge in [0.15, 0.2) is 6.29 Å². The molecule has 94 valence electrons. The SMILES string of the molecule is Cc1ccn2c(C=O)c(-c3ccc(F)cc3)cc2c1. The summed E-state index contributed by atoms with van der Waals surface area (Å²) in [5.41, 5.74) is 4.33. The molecule has 0 saturated heterocycles. The van der Waals surface area contributed by atoms with Crippen LogP contribution in [0, 0.1) is 12.7 Å². The maximum atomic E-state index is 13.0. The fraction of sp³-hybridized carbons (Fsp3) is 0.0625. The minimum Gasteiger partial charge on any atom is -0.314 e. The van der Waals surface area contributed by atoms with Crippen molar-refractivity contribution >= 4 is 11.8 Å². The smallest absolute Gasteiger partial charge is 0.167 e. The molecular formula is C16H12FNO. The summed E-state index contributed by atoms with van der Waals surface area (Å²) in [7, 11) is 0. The van der Waals surface area contributed by atoms with Crippen LogP contribution in [0.3, 0.4) is 0 Å². The molecule has 0 fully saturated rings. The zero-order valence-corrected chi connectivity index (χ0v) is 10.4. The number of carbonyl (C=O) groups is 1. The molecule has 0 bridgehead atoms. The Labute approximate surface area is 110 Å². The zero-order valence-electron chi connectivity index (χ0n) is 10.4. The summed E-state index contributed by atoms with van der Waals surface area (Å²) in [5.74, 6) is -0.281. The van der Waals surface area contributed by atoms with Gasteiger partial charge in [0.25, 0.3) is 0 Å². The van der Waals surface area contributed by atoms with E-state index in [0.717, 1.165) is 28.5 Å². The van der Waals surface area contributed by atoms with E-state index < -0.39 is 0 Å². The van der Waals surface area contributed by atoms with Crippen molar-refractivity contribution in [2.45, 2.75) is 6.92 Å². The van der Waals surface area contributed by atoms with Crippen molar-refractivity contribution in [3.8, 4) is 11.1 Å². The van der Waals surface area contributed by atoms with Gasteiger partial charge < -0.3 is 4.40 Å². The van der Waals surface area contributed by atoms with E-state index >= 15 is 0 Å². The summed E-state index contributed by atoms with van der Waals surface area (Å²) in [4.78, 5) is 11.3. The number of aromatic nitrogens is 1. The highest BCUT2D eigenvalue weighted by molar-refractivity contribution is 5.89. The van der Waals surface area contributed by atoms with Crippen molar-refractivity contribution in [1.82, 2.24) is 4.40 Å². The molecule has 3 rings (SSSR count). The molecule has 1 aromatic carbocycles. The highest BCUT2D eigenvalue weighted by atomic mass is 19.1. The first-order chi connectivity index (χ1) is 9.19. The number of aldehydes is 1. The van der Waals surface area contributed by atoms with Gasteiger partial charge in [-0.3, -0.25) is 4.79 Å². The Morgan fingerprint density at radius 3 is 2.53 bits per heavy atom. The molecule has 0 spiro atoms. The second kappa shape index (κ2) is 4.35. The molecule has 0 unspecified atom stereocenters. The predicted molar refractivity (Wildman–Crippen MR) is 72.9 cm³/mol. The molecule has 0 aliphatic rings. The molecule has 0 aliphatic carbocycles. The number of fused-ring (bicyclic) bond motifs is 1. The van der Waals surface area contributed by atoms with E-state index in [1.807, 2.05) is 35.7 Å². The first-order valence-electron chi connectivity index (χ1n) is 6.02. The summed E-state index contributed by atoms with van der Waals surface area (Å²) in [5, 5.41) is 0. The van der Waals surface area contributed by atoms with Crippen LogP contribution >= 0.6 is 0 Å². The minimum atomic E-state index is -0.281. The zero-order chi connectivity index (χ0) is 13.4. The second-order valence-corrected chi connectivity index (χ2v) is 4.57. The number of halogens is 1. The molecule has 3 heteroatoms. The quantitative estimate of drug-likeness (QED) is 0.635. The van der Waals surface area contributed by atoms with Gasteiger partial charge in [0.1, 0.15) is 5.82 Å². The van der Waals surface area contributed by atoms with Crippen LogP contribution in [0.2, 0.25) is 0 Å². The first-order valence-corrected chi connectivity index (χ1v) is 6.02. The minimum absolute atomic E-state index is 0.281. The molecule has 2 heterocycles. The number of pyridine rings is 1. The molecule has 2 nitrogen and oxygen atoms in total. The van der Waals surface area contributed by atoms with Crippen LogP contribution in [0.1, 0.15) is 16.1 Å². The Kier molecular flexibility index (Phi) is 2.67. The van der Waals surface area contributed by atoms with Crippen LogP contribution in [0.5, 0.6) is 0 Å². The van der Waals surface area contributed by atoms with Gasteiger partial charge in [-0.25, -0.2) is 4.39 Å². The van der Waals surface area contributed by atoms with Crippen LogP contribution in [-0.2, 0) is 0 Å². The number of aryl methyl sites for hydroxylation is 1. The summed E-state index contributed by atoms with van der Waals surface area (Å²) >= 11 is 0. The van der Waals surface area contributed by atoms with E-state index in [2.05, 4.69) is 0 Å². The molecule has 19 heavy (non-hydrogen) atoms. The lowest BCUT2D eigenvalue weighted by molar-refractivity contribution is 0.111. The molecule has 2 aromatic heterocycles. The summed E-state index contributed by atoms with van der Waals surface area (Å²) in [6.07, 6.45) is 2.71. The Morgan fingerprint density at radius 2 is 1.84 bits per heavy atom.